The highest BCUT2D eigenvalue weighted by Gasteiger charge is 2.37. The van der Waals surface area contributed by atoms with Crippen LogP contribution in [0.2, 0.25) is 5.02 Å². The summed E-state index contributed by atoms with van der Waals surface area (Å²) in [5, 5.41) is 23.6. The molecule has 1 unspecified atom stereocenters. The smallest absolute Gasteiger partial charge is 0.270 e. The maximum absolute atomic E-state index is 12.6. The first-order valence-corrected chi connectivity index (χ1v) is 10.0. The van der Waals surface area contributed by atoms with Crippen molar-refractivity contribution in [2.45, 2.75) is 44.1 Å². The fourth-order valence-corrected chi connectivity index (χ4v) is 5.02. The molecule has 3 rings (SSSR count). The van der Waals surface area contributed by atoms with E-state index in [-0.39, 0.29) is 27.6 Å². The van der Waals surface area contributed by atoms with Gasteiger partial charge in [-0.05, 0) is 38.0 Å². The molecule has 1 heterocycles. The highest BCUT2D eigenvalue weighted by molar-refractivity contribution is 7.12. The topological polar surface area (TPSA) is 92.5 Å². The van der Waals surface area contributed by atoms with Crippen LogP contribution in [0.3, 0.4) is 0 Å². The molecule has 1 aromatic heterocycles. The predicted octanol–water partition coefficient (Wildman–Crippen LogP) is 4.60. The average Bonchev–Trinajstić information content (AvgIpc) is 3.29. The molecule has 0 saturated heterocycles. The van der Waals surface area contributed by atoms with Crippen molar-refractivity contribution >= 4 is 34.5 Å². The minimum Gasteiger partial charge on any atom is -0.388 e. The third kappa shape index (κ3) is 4.15. The van der Waals surface area contributed by atoms with Crippen LogP contribution in [0.5, 0.6) is 0 Å². The number of aliphatic hydroxyl groups is 1. The number of halogens is 1. The number of carbonyl (C=O) groups is 1. The molecule has 6 nitrogen and oxygen atoms in total. The molecule has 0 radical (unpaired) electrons. The number of aliphatic hydroxyl groups excluding tert-OH is 1. The van der Waals surface area contributed by atoms with Crippen LogP contribution in [-0.4, -0.2) is 22.5 Å². The van der Waals surface area contributed by atoms with Crippen LogP contribution in [0.1, 0.15) is 58.8 Å². The van der Waals surface area contributed by atoms with Gasteiger partial charge in [0.1, 0.15) is 0 Å². The summed E-state index contributed by atoms with van der Waals surface area (Å²) in [7, 11) is 0. The van der Waals surface area contributed by atoms with E-state index in [2.05, 4.69) is 5.32 Å². The van der Waals surface area contributed by atoms with Gasteiger partial charge in [0.25, 0.3) is 11.6 Å². The SMILES string of the molecule is CC(O)c1ccc(C2(CNC(=O)c3ccc([N+](=O)[O-])cc3Cl)CCCC2)s1. The van der Waals surface area contributed by atoms with Crippen LogP contribution in [0.4, 0.5) is 5.69 Å². The average molecular weight is 409 g/mol. The van der Waals surface area contributed by atoms with Crippen molar-refractivity contribution in [2.24, 2.45) is 0 Å². The molecule has 8 heteroatoms. The summed E-state index contributed by atoms with van der Waals surface area (Å²) in [6.45, 7) is 2.22. The Labute approximate surface area is 166 Å². The molecule has 1 atom stereocenters. The standard InChI is InChI=1S/C19H21ClN2O4S/c1-12(23)16-6-7-17(27-16)19(8-2-3-9-19)11-21-18(24)14-5-4-13(22(25)26)10-15(14)20/h4-7,10,12,23H,2-3,8-9,11H2,1H3,(H,21,24). The van der Waals surface area contributed by atoms with E-state index in [0.717, 1.165) is 30.6 Å². The Hall–Kier alpha value is -1.96. The first kappa shape index (κ1) is 19.8. The van der Waals surface area contributed by atoms with Gasteiger partial charge in [0.05, 0.1) is 21.6 Å². The Kier molecular flexibility index (Phi) is 5.83. The number of nitro benzene ring substituents is 1. The van der Waals surface area contributed by atoms with E-state index >= 15 is 0 Å². The number of rotatable bonds is 6. The van der Waals surface area contributed by atoms with Crippen LogP contribution in [-0.2, 0) is 5.41 Å². The number of hydrogen-bond acceptors (Lipinski definition) is 5. The van der Waals surface area contributed by atoms with Crippen molar-refractivity contribution in [3.63, 3.8) is 0 Å². The van der Waals surface area contributed by atoms with Gasteiger partial charge in [-0.3, -0.25) is 14.9 Å². The number of carbonyl (C=O) groups excluding carboxylic acids is 1. The number of hydrogen-bond donors (Lipinski definition) is 2. The Morgan fingerprint density at radius 2 is 2.07 bits per heavy atom. The second kappa shape index (κ2) is 7.96. The molecular weight excluding hydrogens is 388 g/mol. The van der Waals surface area contributed by atoms with Gasteiger partial charge < -0.3 is 10.4 Å². The summed E-state index contributed by atoms with van der Waals surface area (Å²) in [5.74, 6) is -0.339. The molecule has 2 aromatic rings. The number of nitrogens with one attached hydrogen (secondary N) is 1. The number of amides is 1. The molecule has 1 amide bonds. The first-order chi connectivity index (χ1) is 12.8. The predicted molar refractivity (Wildman–Crippen MR) is 106 cm³/mol. The van der Waals surface area contributed by atoms with Gasteiger partial charge in [0, 0.05) is 33.8 Å². The van der Waals surface area contributed by atoms with Gasteiger partial charge >= 0.3 is 0 Å². The lowest BCUT2D eigenvalue weighted by molar-refractivity contribution is -0.384. The second-order valence-electron chi connectivity index (χ2n) is 6.97. The van der Waals surface area contributed by atoms with Crippen LogP contribution >= 0.6 is 22.9 Å². The van der Waals surface area contributed by atoms with Crippen LogP contribution < -0.4 is 5.32 Å². The minimum absolute atomic E-state index is 0.0645. The van der Waals surface area contributed by atoms with Gasteiger partial charge in [-0.2, -0.15) is 0 Å². The zero-order valence-electron chi connectivity index (χ0n) is 14.9. The molecular formula is C19H21ClN2O4S. The number of non-ortho nitro benzene ring substituents is 1. The maximum Gasteiger partial charge on any atom is 0.270 e. The van der Waals surface area contributed by atoms with Gasteiger partial charge in [-0.25, -0.2) is 0 Å². The zero-order valence-corrected chi connectivity index (χ0v) is 16.5. The van der Waals surface area contributed by atoms with Gasteiger partial charge in [0.15, 0.2) is 0 Å². The van der Waals surface area contributed by atoms with E-state index in [1.54, 1.807) is 18.3 Å². The summed E-state index contributed by atoms with van der Waals surface area (Å²) in [4.78, 5) is 24.9. The third-order valence-corrected chi connectivity index (χ3v) is 6.93. The van der Waals surface area contributed by atoms with Crippen molar-refractivity contribution in [3.8, 4) is 0 Å². The number of benzene rings is 1. The van der Waals surface area contributed by atoms with Crippen LogP contribution in [0.25, 0.3) is 0 Å². The highest BCUT2D eigenvalue weighted by Crippen LogP contribution is 2.44. The molecule has 1 fully saturated rings. The van der Waals surface area contributed by atoms with E-state index in [1.807, 2.05) is 12.1 Å². The number of nitrogens with zero attached hydrogens (tertiary/aromatic N) is 1. The second-order valence-corrected chi connectivity index (χ2v) is 8.49. The maximum atomic E-state index is 12.6. The zero-order chi connectivity index (χ0) is 19.6. The molecule has 0 spiro atoms. The lowest BCUT2D eigenvalue weighted by Gasteiger charge is -2.28. The van der Waals surface area contributed by atoms with Crippen molar-refractivity contribution in [3.05, 3.63) is 60.8 Å². The van der Waals surface area contributed by atoms with E-state index in [9.17, 15) is 20.0 Å². The van der Waals surface area contributed by atoms with Gasteiger partial charge in [0.2, 0.25) is 0 Å². The fourth-order valence-electron chi connectivity index (χ4n) is 3.57. The molecule has 1 aromatic carbocycles. The summed E-state index contributed by atoms with van der Waals surface area (Å²) >= 11 is 7.65. The van der Waals surface area contributed by atoms with Crippen molar-refractivity contribution in [1.29, 1.82) is 0 Å². The van der Waals surface area contributed by atoms with E-state index in [4.69, 9.17) is 11.6 Å². The summed E-state index contributed by atoms with van der Waals surface area (Å²) < 4.78 is 0. The van der Waals surface area contributed by atoms with Crippen LogP contribution in [0.15, 0.2) is 30.3 Å². The molecule has 2 N–H and O–H groups in total. The molecule has 0 aliphatic heterocycles. The lowest BCUT2D eigenvalue weighted by atomic mass is 9.84. The molecule has 144 valence electrons. The van der Waals surface area contributed by atoms with Crippen molar-refractivity contribution < 1.29 is 14.8 Å². The molecule has 0 bridgehead atoms. The van der Waals surface area contributed by atoms with Gasteiger partial charge in [-0.15, -0.1) is 11.3 Å². The Morgan fingerprint density at radius 3 is 2.63 bits per heavy atom. The third-order valence-electron chi connectivity index (χ3n) is 5.12. The molecule has 1 aliphatic carbocycles. The van der Waals surface area contributed by atoms with Crippen molar-refractivity contribution in [2.75, 3.05) is 6.54 Å². The minimum atomic E-state index is -0.544. The molecule has 27 heavy (non-hydrogen) atoms. The Balaban J connectivity index is 1.76. The van der Waals surface area contributed by atoms with E-state index in [1.165, 1.54) is 23.1 Å². The number of thiophene rings is 1. The largest absolute Gasteiger partial charge is 0.388 e. The number of nitro groups is 1. The van der Waals surface area contributed by atoms with Gasteiger partial charge in [-0.1, -0.05) is 24.4 Å². The summed E-state index contributed by atoms with van der Waals surface area (Å²) in [6, 6.07) is 7.84. The van der Waals surface area contributed by atoms with Crippen molar-refractivity contribution in [1.82, 2.24) is 5.32 Å². The first-order valence-electron chi connectivity index (χ1n) is 8.83. The van der Waals surface area contributed by atoms with E-state index < -0.39 is 11.0 Å². The van der Waals surface area contributed by atoms with Crippen LogP contribution in [0, 0.1) is 10.1 Å². The monoisotopic (exact) mass is 408 g/mol. The Morgan fingerprint density at radius 1 is 1.37 bits per heavy atom. The molecule has 1 aliphatic rings. The normalized spacial score (nSPS) is 16.9. The summed E-state index contributed by atoms with van der Waals surface area (Å²) in [5.41, 5.74) is -0.0555. The lowest BCUT2D eigenvalue weighted by Crippen LogP contribution is -2.38. The Bertz CT molecular complexity index is 859. The quantitative estimate of drug-likeness (QED) is 0.539. The summed E-state index contributed by atoms with van der Waals surface area (Å²) in [6.07, 6.45) is 3.63. The fraction of sp³-hybridized carbons (Fsp3) is 0.421. The van der Waals surface area contributed by atoms with E-state index in [0.29, 0.717) is 6.54 Å². The highest BCUT2D eigenvalue weighted by atomic mass is 35.5. The molecule has 1 saturated carbocycles.